The van der Waals surface area contributed by atoms with E-state index in [0.717, 1.165) is 12.5 Å². The second-order valence-corrected chi connectivity index (χ2v) is 5.16. The monoisotopic (exact) mass is 293 g/mol. The summed E-state index contributed by atoms with van der Waals surface area (Å²) in [5, 5.41) is 2.80. The predicted octanol–water partition coefficient (Wildman–Crippen LogP) is 4.20. The molecule has 0 bridgehead atoms. The van der Waals surface area contributed by atoms with Crippen LogP contribution in [0.2, 0.25) is 5.02 Å². The van der Waals surface area contributed by atoms with E-state index in [2.05, 4.69) is 5.32 Å². The summed E-state index contributed by atoms with van der Waals surface area (Å²) in [7, 11) is 0. The molecule has 0 aliphatic carbocycles. The lowest BCUT2D eigenvalue weighted by molar-refractivity contribution is -0.137. The Kier molecular flexibility index (Phi) is 4.26. The Hall–Kier alpha value is -0.940. The highest BCUT2D eigenvalue weighted by atomic mass is 35.5. The number of nitrogens with one attached hydrogen (secondary N) is 1. The Labute approximate surface area is 114 Å². The second kappa shape index (κ2) is 5.59. The van der Waals surface area contributed by atoms with Gasteiger partial charge < -0.3 is 10.1 Å². The molecule has 0 radical (unpaired) electrons. The molecule has 0 spiro atoms. The lowest BCUT2D eigenvalue weighted by atomic mass is 10.0. The summed E-state index contributed by atoms with van der Waals surface area (Å²) in [5.74, 6) is 0.324. The van der Waals surface area contributed by atoms with Crippen molar-refractivity contribution in [3.63, 3.8) is 0 Å². The third-order valence-electron chi connectivity index (χ3n) is 3.34. The summed E-state index contributed by atoms with van der Waals surface area (Å²) in [6.07, 6.45) is -3.51. The van der Waals surface area contributed by atoms with Gasteiger partial charge in [-0.25, -0.2) is 0 Å². The molecule has 2 unspecified atom stereocenters. The fourth-order valence-electron chi connectivity index (χ4n) is 2.16. The molecule has 1 saturated heterocycles. The first-order chi connectivity index (χ1) is 8.88. The quantitative estimate of drug-likeness (QED) is 0.902. The van der Waals surface area contributed by atoms with E-state index in [1.807, 2.05) is 6.92 Å². The predicted molar refractivity (Wildman–Crippen MR) is 68.5 cm³/mol. The molecule has 1 heterocycles. The highest BCUT2D eigenvalue weighted by molar-refractivity contribution is 6.31. The summed E-state index contributed by atoms with van der Waals surface area (Å²) in [4.78, 5) is 0. The van der Waals surface area contributed by atoms with Crippen molar-refractivity contribution in [3.05, 3.63) is 28.8 Å². The van der Waals surface area contributed by atoms with Crippen LogP contribution in [0.3, 0.4) is 0 Å². The van der Waals surface area contributed by atoms with Gasteiger partial charge in [0.15, 0.2) is 0 Å². The van der Waals surface area contributed by atoms with Crippen molar-refractivity contribution in [1.29, 1.82) is 0 Å². The molecule has 19 heavy (non-hydrogen) atoms. The average Bonchev–Trinajstić information content (AvgIpc) is 2.83. The van der Waals surface area contributed by atoms with E-state index >= 15 is 0 Å². The molecule has 0 aromatic heterocycles. The molecule has 1 N–H and O–H groups in total. The van der Waals surface area contributed by atoms with Crippen LogP contribution >= 0.6 is 11.6 Å². The molecule has 1 fully saturated rings. The number of hydrogen-bond acceptors (Lipinski definition) is 2. The second-order valence-electron chi connectivity index (χ2n) is 4.75. The van der Waals surface area contributed by atoms with Crippen LogP contribution in [-0.2, 0) is 10.9 Å². The number of benzene rings is 1. The van der Waals surface area contributed by atoms with Crippen molar-refractivity contribution < 1.29 is 17.9 Å². The van der Waals surface area contributed by atoms with Gasteiger partial charge in [-0.3, -0.25) is 0 Å². The third-order valence-corrected chi connectivity index (χ3v) is 3.67. The number of hydrogen-bond donors (Lipinski definition) is 1. The standard InChI is InChI=1S/C13H15ClF3NO/c1-8(9-4-5-19-7-9)18-10-2-3-12(14)11(6-10)13(15,16)17/h2-3,6,8-9,18H,4-5,7H2,1H3. The Morgan fingerprint density at radius 1 is 1.42 bits per heavy atom. The molecular weight excluding hydrogens is 279 g/mol. The minimum absolute atomic E-state index is 0.0600. The Morgan fingerprint density at radius 2 is 2.16 bits per heavy atom. The number of alkyl halides is 3. The summed E-state index contributed by atoms with van der Waals surface area (Å²) in [5.41, 5.74) is -0.384. The zero-order valence-electron chi connectivity index (χ0n) is 10.4. The van der Waals surface area contributed by atoms with E-state index < -0.39 is 11.7 Å². The Morgan fingerprint density at radius 3 is 2.74 bits per heavy atom. The van der Waals surface area contributed by atoms with Crippen LogP contribution in [-0.4, -0.2) is 19.3 Å². The maximum absolute atomic E-state index is 12.7. The van der Waals surface area contributed by atoms with E-state index in [0.29, 0.717) is 24.8 Å². The van der Waals surface area contributed by atoms with Gasteiger partial charge in [0.1, 0.15) is 0 Å². The lowest BCUT2D eigenvalue weighted by Gasteiger charge is -2.21. The van der Waals surface area contributed by atoms with Crippen molar-refractivity contribution in [2.24, 2.45) is 5.92 Å². The summed E-state index contributed by atoms with van der Waals surface area (Å²) < 4.78 is 43.5. The maximum Gasteiger partial charge on any atom is 0.417 e. The van der Waals surface area contributed by atoms with E-state index in [9.17, 15) is 13.2 Å². The van der Waals surface area contributed by atoms with Crippen molar-refractivity contribution in [1.82, 2.24) is 0 Å². The van der Waals surface area contributed by atoms with Gasteiger partial charge in [0.25, 0.3) is 0 Å². The van der Waals surface area contributed by atoms with E-state index in [-0.39, 0.29) is 11.1 Å². The van der Waals surface area contributed by atoms with Gasteiger partial charge in [0, 0.05) is 24.3 Å². The first kappa shape index (κ1) is 14.5. The largest absolute Gasteiger partial charge is 0.417 e. The molecule has 1 aromatic carbocycles. The van der Waals surface area contributed by atoms with Crippen LogP contribution in [0, 0.1) is 5.92 Å². The molecule has 1 aromatic rings. The van der Waals surface area contributed by atoms with Crippen molar-refractivity contribution in [3.8, 4) is 0 Å². The lowest BCUT2D eigenvalue weighted by Crippen LogP contribution is -2.26. The average molecular weight is 294 g/mol. The van der Waals surface area contributed by atoms with Crippen molar-refractivity contribution in [2.45, 2.75) is 25.6 Å². The molecule has 2 nitrogen and oxygen atoms in total. The number of ether oxygens (including phenoxy) is 1. The molecule has 0 saturated carbocycles. The van der Waals surface area contributed by atoms with Gasteiger partial charge in [-0.05, 0) is 31.5 Å². The van der Waals surface area contributed by atoms with Crippen molar-refractivity contribution >= 4 is 17.3 Å². The van der Waals surface area contributed by atoms with Gasteiger partial charge >= 0.3 is 6.18 Å². The van der Waals surface area contributed by atoms with Crippen LogP contribution < -0.4 is 5.32 Å². The molecule has 2 atom stereocenters. The number of rotatable bonds is 3. The molecule has 0 amide bonds. The van der Waals surface area contributed by atoms with Gasteiger partial charge in [-0.2, -0.15) is 13.2 Å². The molecule has 1 aliphatic heterocycles. The Bertz CT molecular complexity index is 444. The zero-order valence-corrected chi connectivity index (χ0v) is 11.2. The normalized spacial score (nSPS) is 21.4. The fraction of sp³-hybridized carbons (Fsp3) is 0.538. The number of halogens is 4. The Balaban J connectivity index is 2.12. The maximum atomic E-state index is 12.7. The minimum Gasteiger partial charge on any atom is -0.382 e. The van der Waals surface area contributed by atoms with E-state index in [4.69, 9.17) is 16.3 Å². The number of anilines is 1. The van der Waals surface area contributed by atoms with Crippen LogP contribution in [0.25, 0.3) is 0 Å². The third kappa shape index (κ3) is 3.54. The molecule has 106 valence electrons. The van der Waals surface area contributed by atoms with E-state index in [1.54, 1.807) is 6.07 Å². The molecular formula is C13H15ClF3NO. The topological polar surface area (TPSA) is 21.3 Å². The fourth-order valence-corrected chi connectivity index (χ4v) is 2.38. The molecule has 2 rings (SSSR count). The van der Waals surface area contributed by atoms with Crippen LogP contribution in [0.15, 0.2) is 18.2 Å². The van der Waals surface area contributed by atoms with Crippen LogP contribution in [0.4, 0.5) is 18.9 Å². The zero-order chi connectivity index (χ0) is 14.0. The van der Waals surface area contributed by atoms with Crippen LogP contribution in [0.1, 0.15) is 18.9 Å². The minimum atomic E-state index is -4.44. The van der Waals surface area contributed by atoms with E-state index in [1.165, 1.54) is 6.07 Å². The van der Waals surface area contributed by atoms with Gasteiger partial charge in [-0.15, -0.1) is 0 Å². The smallest absolute Gasteiger partial charge is 0.382 e. The molecule has 1 aliphatic rings. The highest BCUT2D eigenvalue weighted by Gasteiger charge is 2.33. The molecule has 6 heteroatoms. The first-order valence-electron chi connectivity index (χ1n) is 6.09. The van der Waals surface area contributed by atoms with Gasteiger partial charge in [-0.1, -0.05) is 11.6 Å². The van der Waals surface area contributed by atoms with Gasteiger partial charge in [0.2, 0.25) is 0 Å². The SMILES string of the molecule is CC(Nc1ccc(Cl)c(C(F)(F)F)c1)C1CCOC1. The highest BCUT2D eigenvalue weighted by Crippen LogP contribution is 2.36. The first-order valence-corrected chi connectivity index (χ1v) is 6.47. The summed E-state index contributed by atoms with van der Waals surface area (Å²) in [6, 6.07) is 3.94. The summed E-state index contributed by atoms with van der Waals surface area (Å²) in [6.45, 7) is 3.31. The van der Waals surface area contributed by atoms with Crippen molar-refractivity contribution in [2.75, 3.05) is 18.5 Å². The van der Waals surface area contributed by atoms with Crippen LogP contribution in [0.5, 0.6) is 0 Å². The van der Waals surface area contributed by atoms with Gasteiger partial charge in [0.05, 0.1) is 17.2 Å². The summed E-state index contributed by atoms with van der Waals surface area (Å²) >= 11 is 5.58.